The molecule has 2 aromatic carbocycles. The first-order chi connectivity index (χ1) is 13.2. The van der Waals surface area contributed by atoms with Crippen LogP contribution >= 0.6 is 0 Å². The van der Waals surface area contributed by atoms with E-state index in [1.54, 1.807) is 13.2 Å². The highest BCUT2D eigenvalue weighted by Crippen LogP contribution is 2.28. The molecule has 3 aromatic rings. The molecule has 1 amide bonds. The summed E-state index contributed by atoms with van der Waals surface area (Å²) in [4.78, 5) is 12.3. The smallest absolute Gasteiger partial charge is 0.289 e. The number of hydrogen-bond donors (Lipinski definition) is 2. The molecule has 0 saturated heterocycles. The van der Waals surface area contributed by atoms with Crippen LogP contribution < -0.4 is 14.9 Å². The Morgan fingerprint density at radius 2 is 1.93 bits per heavy atom. The van der Waals surface area contributed by atoms with Crippen molar-refractivity contribution in [2.24, 2.45) is 5.10 Å². The number of aromatic nitrogens is 2. The SMILES string of the molecule is CCOc1ccccc1-c1cc(C(=O)NN=Cc2ccccc2OC)[nH]n1. The van der Waals surface area contributed by atoms with E-state index in [-0.39, 0.29) is 0 Å². The van der Waals surface area contributed by atoms with E-state index >= 15 is 0 Å². The summed E-state index contributed by atoms with van der Waals surface area (Å²) in [5, 5.41) is 10.9. The van der Waals surface area contributed by atoms with E-state index in [0.29, 0.717) is 29.5 Å². The molecule has 27 heavy (non-hydrogen) atoms. The number of para-hydroxylation sites is 2. The number of aromatic amines is 1. The van der Waals surface area contributed by atoms with E-state index in [0.717, 1.165) is 11.1 Å². The predicted molar refractivity (Wildman–Crippen MR) is 103 cm³/mol. The van der Waals surface area contributed by atoms with Gasteiger partial charge in [0.2, 0.25) is 0 Å². The van der Waals surface area contributed by atoms with E-state index < -0.39 is 5.91 Å². The van der Waals surface area contributed by atoms with Crippen molar-refractivity contribution in [2.75, 3.05) is 13.7 Å². The minimum absolute atomic E-state index is 0.300. The Hall–Kier alpha value is -3.61. The van der Waals surface area contributed by atoms with Gasteiger partial charge in [0, 0.05) is 11.1 Å². The summed E-state index contributed by atoms with van der Waals surface area (Å²) < 4.78 is 10.8. The number of hydrogen-bond acceptors (Lipinski definition) is 5. The lowest BCUT2D eigenvalue weighted by atomic mass is 10.1. The lowest BCUT2D eigenvalue weighted by Crippen LogP contribution is -2.18. The highest BCUT2D eigenvalue weighted by atomic mass is 16.5. The number of H-pyrrole nitrogens is 1. The second-order valence-electron chi connectivity index (χ2n) is 5.54. The Bertz CT molecular complexity index is 950. The molecule has 0 radical (unpaired) electrons. The average Bonchev–Trinajstić information content (AvgIpc) is 3.19. The molecule has 0 spiro atoms. The van der Waals surface area contributed by atoms with Gasteiger partial charge in [0.1, 0.15) is 17.2 Å². The van der Waals surface area contributed by atoms with Crippen LogP contribution in [0.15, 0.2) is 59.7 Å². The van der Waals surface area contributed by atoms with Gasteiger partial charge >= 0.3 is 0 Å². The van der Waals surface area contributed by atoms with Crippen molar-refractivity contribution >= 4 is 12.1 Å². The molecule has 3 rings (SSSR count). The first kappa shape index (κ1) is 18.2. The van der Waals surface area contributed by atoms with Crippen LogP contribution in [0.4, 0.5) is 0 Å². The van der Waals surface area contributed by atoms with Crippen molar-refractivity contribution in [3.8, 4) is 22.8 Å². The summed E-state index contributed by atoms with van der Waals surface area (Å²) in [5.41, 5.74) is 4.97. The molecule has 0 aliphatic carbocycles. The first-order valence-electron chi connectivity index (χ1n) is 8.47. The second kappa shape index (κ2) is 8.66. The summed E-state index contributed by atoms with van der Waals surface area (Å²) in [6, 6.07) is 16.6. The van der Waals surface area contributed by atoms with Gasteiger partial charge in [0.25, 0.3) is 5.91 Å². The summed E-state index contributed by atoms with van der Waals surface area (Å²) in [6.07, 6.45) is 1.53. The average molecular weight is 364 g/mol. The Morgan fingerprint density at radius 1 is 1.19 bits per heavy atom. The lowest BCUT2D eigenvalue weighted by molar-refractivity contribution is 0.0950. The number of carbonyl (C=O) groups excluding carboxylic acids is 1. The quantitative estimate of drug-likeness (QED) is 0.497. The van der Waals surface area contributed by atoms with Crippen molar-refractivity contribution in [3.05, 3.63) is 65.9 Å². The number of amides is 1. The Morgan fingerprint density at radius 3 is 2.70 bits per heavy atom. The van der Waals surface area contributed by atoms with Crippen LogP contribution in [0.2, 0.25) is 0 Å². The summed E-state index contributed by atoms with van der Waals surface area (Å²) >= 11 is 0. The third kappa shape index (κ3) is 4.33. The molecule has 7 heteroatoms. The monoisotopic (exact) mass is 364 g/mol. The standard InChI is InChI=1S/C20H20N4O3/c1-3-27-19-11-7-5-9-15(19)16-12-17(23-22-16)20(25)24-21-13-14-8-4-6-10-18(14)26-2/h4-13H,3H2,1-2H3,(H,22,23)(H,24,25). The highest BCUT2D eigenvalue weighted by Gasteiger charge is 2.13. The first-order valence-corrected chi connectivity index (χ1v) is 8.47. The molecule has 0 aliphatic heterocycles. The van der Waals surface area contributed by atoms with Gasteiger partial charge in [-0.1, -0.05) is 24.3 Å². The van der Waals surface area contributed by atoms with Gasteiger partial charge in [-0.15, -0.1) is 0 Å². The van der Waals surface area contributed by atoms with Gasteiger partial charge in [0.05, 0.1) is 25.6 Å². The van der Waals surface area contributed by atoms with E-state index in [4.69, 9.17) is 9.47 Å². The second-order valence-corrected chi connectivity index (χ2v) is 5.54. The van der Waals surface area contributed by atoms with Gasteiger partial charge in [-0.2, -0.15) is 10.2 Å². The van der Waals surface area contributed by atoms with E-state index in [2.05, 4.69) is 20.7 Å². The minimum Gasteiger partial charge on any atom is -0.496 e. The number of benzene rings is 2. The molecular weight excluding hydrogens is 344 g/mol. The zero-order valence-electron chi connectivity index (χ0n) is 15.1. The van der Waals surface area contributed by atoms with Gasteiger partial charge in [-0.25, -0.2) is 5.43 Å². The summed E-state index contributed by atoms with van der Waals surface area (Å²) in [6.45, 7) is 2.46. The van der Waals surface area contributed by atoms with Crippen molar-refractivity contribution in [3.63, 3.8) is 0 Å². The van der Waals surface area contributed by atoms with Crippen LogP contribution in [0.3, 0.4) is 0 Å². The third-order valence-electron chi connectivity index (χ3n) is 3.79. The Labute approximate surface area is 157 Å². The van der Waals surface area contributed by atoms with Crippen LogP contribution in [0.1, 0.15) is 23.0 Å². The van der Waals surface area contributed by atoms with Crippen molar-refractivity contribution in [2.45, 2.75) is 6.92 Å². The van der Waals surface area contributed by atoms with Crippen LogP contribution in [0, 0.1) is 0 Å². The molecule has 2 N–H and O–H groups in total. The molecule has 0 atom stereocenters. The van der Waals surface area contributed by atoms with Gasteiger partial charge in [0.15, 0.2) is 0 Å². The van der Waals surface area contributed by atoms with E-state index in [9.17, 15) is 4.79 Å². The van der Waals surface area contributed by atoms with Gasteiger partial charge < -0.3 is 9.47 Å². The van der Waals surface area contributed by atoms with Crippen LogP contribution in [0.5, 0.6) is 11.5 Å². The zero-order chi connectivity index (χ0) is 19.1. The molecule has 1 aromatic heterocycles. The number of ether oxygens (including phenoxy) is 2. The van der Waals surface area contributed by atoms with Gasteiger partial charge in [-0.05, 0) is 37.3 Å². The molecule has 138 valence electrons. The van der Waals surface area contributed by atoms with Crippen LogP contribution in [-0.4, -0.2) is 36.0 Å². The van der Waals surface area contributed by atoms with Gasteiger partial charge in [-0.3, -0.25) is 9.89 Å². The maximum atomic E-state index is 12.3. The fraction of sp³-hybridized carbons (Fsp3) is 0.150. The maximum absolute atomic E-state index is 12.3. The minimum atomic E-state index is -0.395. The largest absolute Gasteiger partial charge is 0.496 e. The number of rotatable bonds is 7. The van der Waals surface area contributed by atoms with Crippen LogP contribution in [-0.2, 0) is 0 Å². The molecule has 0 saturated carbocycles. The molecule has 7 nitrogen and oxygen atoms in total. The topological polar surface area (TPSA) is 88.6 Å². The molecule has 1 heterocycles. The Kier molecular flexibility index (Phi) is 5.84. The molecule has 0 aliphatic rings. The number of nitrogens with one attached hydrogen (secondary N) is 2. The molecule has 0 fully saturated rings. The number of nitrogens with zero attached hydrogens (tertiary/aromatic N) is 2. The summed E-state index contributed by atoms with van der Waals surface area (Å²) in [7, 11) is 1.58. The Balaban J connectivity index is 1.71. The number of methoxy groups -OCH3 is 1. The zero-order valence-corrected chi connectivity index (χ0v) is 15.1. The fourth-order valence-corrected chi connectivity index (χ4v) is 2.53. The summed E-state index contributed by atoms with van der Waals surface area (Å²) in [5.74, 6) is 0.994. The third-order valence-corrected chi connectivity index (χ3v) is 3.79. The highest BCUT2D eigenvalue weighted by molar-refractivity contribution is 5.94. The fourth-order valence-electron chi connectivity index (χ4n) is 2.53. The van der Waals surface area contributed by atoms with E-state index in [1.807, 2.05) is 55.5 Å². The molecule has 0 unspecified atom stereocenters. The lowest BCUT2D eigenvalue weighted by Gasteiger charge is -2.07. The maximum Gasteiger partial charge on any atom is 0.289 e. The number of carbonyl (C=O) groups is 1. The van der Waals surface area contributed by atoms with Crippen LogP contribution in [0.25, 0.3) is 11.3 Å². The number of hydrazone groups is 1. The van der Waals surface area contributed by atoms with Crippen molar-refractivity contribution in [1.82, 2.24) is 15.6 Å². The molecular formula is C20H20N4O3. The van der Waals surface area contributed by atoms with Crippen molar-refractivity contribution in [1.29, 1.82) is 0 Å². The molecule has 0 bridgehead atoms. The van der Waals surface area contributed by atoms with Crippen molar-refractivity contribution < 1.29 is 14.3 Å². The predicted octanol–water partition coefficient (Wildman–Crippen LogP) is 3.25. The normalized spacial score (nSPS) is 10.7. The van der Waals surface area contributed by atoms with E-state index in [1.165, 1.54) is 6.21 Å².